The van der Waals surface area contributed by atoms with Crippen molar-refractivity contribution in [2.45, 2.75) is 19.9 Å². The largest absolute Gasteiger partial charge is 0.492 e. The molecule has 0 amide bonds. The van der Waals surface area contributed by atoms with Gasteiger partial charge in [0.05, 0.1) is 0 Å². The monoisotopic (exact) mass is 459 g/mol. The zero-order valence-electron chi connectivity index (χ0n) is 20.3. The molecule has 0 unspecified atom stereocenters. The van der Waals surface area contributed by atoms with Crippen LogP contribution in [0.1, 0.15) is 18.3 Å². The first kappa shape index (κ1) is 24.2. The molecule has 1 saturated heterocycles. The average molecular weight is 460 g/mol. The van der Waals surface area contributed by atoms with Gasteiger partial charge in [0.15, 0.2) is 0 Å². The number of ether oxygens (including phenoxy) is 1. The normalized spacial score (nSPS) is 15.2. The van der Waals surface area contributed by atoms with Crippen molar-refractivity contribution in [3.63, 3.8) is 0 Å². The van der Waals surface area contributed by atoms with Crippen molar-refractivity contribution in [1.29, 1.82) is 0 Å². The number of nitrogens with zero attached hydrogens (tertiary/aromatic N) is 4. The fourth-order valence-corrected chi connectivity index (χ4v) is 4.36. The topological polar surface area (TPSA) is 59.5 Å². The van der Waals surface area contributed by atoms with E-state index in [1.54, 1.807) is 0 Å². The summed E-state index contributed by atoms with van der Waals surface area (Å²) in [5, 5.41) is 0. The van der Waals surface area contributed by atoms with Gasteiger partial charge >= 0.3 is 0 Å². The molecule has 2 N–H and O–H groups in total. The van der Waals surface area contributed by atoms with Gasteiger partial charge in [-0.15, -0.1) is 0 Å². The van der Waals surface area contributed by atoms with Gasteiger partial charge in [-0.3, -0.25) is 9.80 Å². The molecule has 0 atom stereocenters. The van der Waals surface area contributed by atoms with Gasteiger partial charge in [0.1, 0.15) is 18.2 Å². The Hall–Kier alpha value is -2.93. The van der Waals surface area contributed by atoms with E-state index in [0.29, 0.717) is 0 Å². The van der Waals surface area contributed by atoms with Crippen LogP contribution < -0.4 is 10.5 Å². The van der Waals surface area contributed by atoms with Crippen LogP contribution >= 0.6 is 0 Å². The molecule has 1 aliphatic heterocycles. The zero-order valence-corrected chi connectivity index (χ0v) is 20.3. The molecule has 4 rings (SSSR count). The third kappa shape index (κ3) is 6.79. The van der Waals surface area contributed by atoms with E-state index < -0.39 is 0 Å². The number of aryl methyl sites for hydroxylation is 1. The predicted octanol–water partition coefficient (Wildman–Crippen LogP) is 3.78. The van der Waals surface area contributed by atoms with Gasteiger partial charge in [0.25, 0.3) is 0 Å². The van der Waals surface area contributed by atoms with Crippen molar-refractivity contribution in [3.05, 3.63) is 78.4 Å². The molecule has 1 fully saturated rings. The summed E-state index contributed by atoms with van der Waals surface area (Å²) in [6.07, 6.45) is 9.20. The van der Waals surface area contributed by atoms with Crippen molar-refractivity contribution < 1.29 is 4.74 Å². The number of piperazine rings is 1. The lowest BCUT2D eigenvalue weighted by molar-refractivity contribution is 0.119. The number of benzene rings is 2. The first-order chi connectivity index (χ1) is 16.7. The fourth-order valence-electron chi connectivity index (χ4n) is 4.36. The minimum absolute atomic E-state index is 0.718. The Morgan fingerprint density at radius 2 is 1.56 bits per heavy atom. The molecule has 0 spiro atoms. The number of nitrogens with two attached hydrogens (primary N) is 1. The smallest absolute Gasteiger partial charge is 0.119 e. The van der Waals surface area contributed by atoms with Gasteiger partial charge in [-0.25, -0.2) is 4.98 Å². The first-order valence-corrected chi connectivity index (χ1v) is 12.4. The number of imidazole rings is 1. The Kier molecular flexibility index (Phi) is 8.90. The number of rotatable bonds is 11. The van der Waals surface area contributed by atoms with E-state index in [0.717, 1.165) is 77.0 Å². The van der Waals surface area contributed by atoms with Crippen LogP contribution in [0.25, 0.3) is 17.2 Å². The van der Waals surface area contributed by atoms with E-state index in [9.17, 15) is 0 Å². The SMILES string of the molecule is CCc1nccn1C/C=C/c1ccc(-c2ccc(OCCN3CCN(CCN)CC3)cc2)cc1. The summed E-state index contributed by atoms with van der Waals surface area (Å²) in [5.74, 6) is 2.05. The molecule has 0 bridgehead atoms. The molecule has 2 aromatic carbocycles. The molecule has 180 valence electrons. The zero-order chi connectivity index (χ0) is 23.6. The quantitative estimate of drug-likeness (QED) is 0.473. The molecule has 0 saturated carbocycles. The molecule has 3 aromatic rings. The maximum absolute atomic E-state index is 5.99. The van der Waals surface area contributed by atoms with E-state index in [2.05, 4.69) is 87.0 Å². The second kappa shape index (κ2) is 12.5. The van der Waals surface area contributed by atoms with Crippen LogP contribution in [0.2, 0.25) is 0 Å². The predicted molar refractivity (Wildman–Crippen MR) is 140 cm³/mol. The summed E-state index contributed by atoms with van der Waals surface area (Å²) in [7, 11) is 0. The summed E-state index contributed by atoms with van der Waals surface area (Å²) in [6.45, 7) is 10.8. The molecule has 34 heavy (non-hydrogen) atoms. The maximum Gasteiger partial charge on any atom is 0.119 e. The Bertz CT molecular complexity index is 1020. The van der Waals surface area contributed by atoms with Gasteiger partial charge in [0, 0.05) is 71.2 Å². The van der Waals surface area contributed by atoms with E-state index in [-0.39, 0.29) is 0 Å². The molecule has 1 aromatic heterocycles. The third-order valence-electron chi connectivity index (χ3n) is 6.42. The summed E-state index contributed by atoms with van der Waals surface area (Å²) >= 11 is 0. The van der Waals surface area contributed by atoms with Crippen LogP contribution in [0, 0.1) is 0 Å². The highest BCUT2D eigenvalue weighted by molar-refractivity contribution is 5.66. The van der Waals surface area contributed by atoms with Gasteiger partial charge in [-0.05, 0) is 28.8 Å². The van der Waals surface area contributed by atoms with E-state index >= 15 is 0 Å². The second-order valence-electron chi connectivity index (χ2n) is 8.72. The Morgan fingerprint density at radius 1 is 0.912 bits per heavy atom. The van der Waals surface area contributed by atoms with E-state index in [4.69, 9.17) is 10.5 Å². The lowest BCUT2D eigenvalue weighted by Gasteiger charge is -2.34. The van der Waals surface area contributed by atoms with Crippen molar-refractivity contribution in [2.75, 3.05) is 52.4 Å². The molecule has 2 heterocycles. The molecular weight excluding hydrogens is 422 g/mol. The molecule has 6 nitrogen and oxygen atoms in total. The van der Waals surface area contributed by atoms with Crippen molar-refractivity contribution in [1.82, 2.24) is 19.4 Å². The Balaban J connectivity index is 1.22. The molecule has 0 aliphatic carbocycles. The molecule has 0 radical (unpaired) electrons. The molecule has 6 heteroatoms. The van der Waals surface area contributed by atoms with Crippen LogP contribution in [-0.4, -0.2) is 71.8 Å². The summed E-state index contributed by atoms with van der Waals surface area (Å²) in [4.78, 5) is 9.27. The minimum atomic E-state index is 0.718. The number of allylic oxidation sites excluding steroid dienone is 1. The highest BCUT2D eigenvalue weighted by atomic mass is 16.5. The summed E-state index contributed by atoms with van der Waals surface area (Å²) < 4.78 is 8.17. The second-order valence-corrected chi connectivity index (χ2v) is 8.72. The molecular formula is C28H37N5O. The molecule has 1 aliphatic rings. The Labute approximate surface area is 203 Å². The minimum Gasteiger partial charge on any atom is -0.492 e. The number of hydrogen-bond acceptors (Lipinski definition) is 5. The van der Waals surface area contributed by atoms with E-state index in [1.165, 1.54) is 16.7 Å². The van der Waals surface area contributed by atoms with Crippen molar-refractivity contribution in [2.24, 2.45) is 5.73 Å². The van der Waals surface area contributed by atoms with Crippen LogP contribution in [0.5, 0.6) is 5.75 Å². The highest BCUT2D eigenvalue weighted by Crippen LogP contribution is 2.23. The maximum atomic E-state index is 5.99. The lowest BCUT2D eigenvalue weighted by atomic mass is 10.0. The number of aromatic nitrogens is 2. The van der Waals surface area contributed by atoms with Gasteiger partial charge in [0.2, 0.25) is 0 Å². The fraction of sp³-hybridized carbons (Fsp3) is 0.393. The van der Waals surface area contributed by atoms with Gasteiger partial charge in [-0.2, -0.15) is 0 Å². The number of hydrogen-bond donors (Lipinski definition) is 1. The lowest BCUT2D eigenvalue weighted by Crippen LogP contribution is -2.48. The van der Waals surface area contributed by atoms with Crippen LogP contribution in [0.15, 0.2) is 67.0 Å². The van der Waals surface area contributed by atoms with Crippen molar-refractivity contribution in [3.8, 4) is 16.9 Å². The first-order valence-electron chi connectivity index (χ1n) is 12.4. The summed E-state index contributed by atoms with van der Waals surface area (Å²) in [6, 6.07) is 17.1. The van der Waals surface area contributed by atoms with Crippen molar-refractivity contribution >= 4 is 6.08 Å². The van der Waals surface area contributed by atoms with Gasteiger partial charge < -0.3 is 15.0 Å². The standard InChI is InChI=1S/C28H37N5O/c1-2-28-30-14-17-33(28)15-3-4-24-5-7-25(8-6-24)26-9-11-27(12-10-26)34-23-22-32-20-18-31(16-13-29)19-21-32/h3-12,14,17H,2,13,15-16,18-23,29H2,1H3/b4-3+. The van der Waals surface area contributed by atoms with Crippen LogP contribution in [0.4, 0.5) is 0 Å². The van der Waals surface area contributed by atoms with Gasteiger partial charge in [-0.1, -0.05) is 55.5 Å². The highest BCUT2D eigenvalue weighted by Gasteiger charge is 2.15. The Morgan fingerprint density at radius 3 is 2.21 bits per heavy atom. The van der Waals surface area contributed by atoms with Crippen LogP contribution in [-0.2, 0) is 13.0 Å². The van der Waals surface area contributed by atoms with Crippen LogP contribution in [0.3, 0.4) is 0 Å². The average Bonchev–Trinajstić information content (AvgIpc) is 3.34. The van der Waals surface area contributed by atoms with E-state index in [1.807, 2.05) is 12.4 Å². The summed E-state index contributed by atoms with van der Waals surface area (Å²) in [5.41, 5.74) is 9.26. The third-order valence-corrected chi connectivity index (χ3v) is 6.42.